The normalized spacial score (nSPS) is 26.9. The molecule has 1 aromatic rings. The Labute approximate surface area is 117 Å². The van der Waals surface area contributed by atoms with Crippen molar-refractivity contribution in [3.05, 3.63) is 18.2 Å². The summed E-state index contributed by atoms with van der Waals surface area (Å²) in [7, 11) is 0. The second kappa shape index (κ2) is 4.92. The molecule has 2 heterocycles. The first-order valence-electron chi connectivity index (χ1n) is 7.17. The molecule has 6 nitrogen and oxygen atoms in total. The lowest BCUT2D eigenvalue weighted by molar-refractivity contribution is -0.152. The molecule has 1 saturated heterocycles. The van der Waals surface area contributed by atoms with Crippen LogP contribution in [0.4, 0.5) is 0 Å². The minimum Gasteiger partial charge on any atom is -0.481 e. The Kier molecular flexibility index (Phi) is 3.23. The summed E-state index contributed by atoms with van der Waals surface area (Å²) in [6.07, 6.45) is 6.42. The lowest BCUT2D eigenvalue weighted by atomic mass is 9.86. The van der Waals surface area contributed by atoms with Gasteiger partial charge in [-0.15, -0.1) is 0 Å². The predicted molar refractivity (Wildman–Crippen MR) is 71.0 cm³/mol. The molecule has 1 saturated carbocycles. The van der Waals surface area contributed by atoms with Crippen LogP contribution < -0.4 is 0 Å². The molecule has 1 aliphatic heterocycles. The van der Waals surface area contributed by atoms with E-state index in [4.69, 9.17) is 0 Å². The molecule has 1 amide bonds. The Morgan fingerprint density at radius 1 is 1.45 bits per heavy atom. The number of hydrogen-bond acceptors (Lipinski definition) is 3. The highest BCUT2D eigenvalue weighted by atomic mass is 16.4. The van der Waals surface area contributed by atoms with E-state index in [1.54, 1.807) is 17.4 Å². The Hall–Kier alpha value is -1.85. The second-order valence-electron chi connectivity index (χ2n) is 5.56. The van der Waals surface area contributed by atoms with Crippen LogP contribution in [0.1, 0.15) is 50.4 Å². The van der Waals surface area contributed by atoms with E-state index in [0.717, 1.165) is 18.5 Å². The third-order valence-electron chi connectivity index (χ3n) is 4.30. The zero-order valence-corrected chi connectivity index (χ0v) is 11.5. The smallest absolute Gasteiger partial charge is 0.309 e. The van der Waals surface area contributed by atoms with Crippen LogP contribution in [0.25, 0.3) is 0 Å². The quantitative estimate of drug-likeness (QED) is 0.907. The number of likely N-dealkylation sites (tertiary alicyclic amines) is 1. The Morgan fingerprint density at radius 3 is 2.80 bits per heavy atom. The molecular weight excluding hydrogens is 258 g/mol. The Bertz CT molecular complexity index is 534. The number of carboxylic acid groups (broad SMARTS) is 1. The molecule has 20 heavy (non-hydrogen) atoms. The van der Waals surface area contributed by atoms with Gasteiger partial charge >= 0.3 is 5.97 Å². The summed E-state index contributed by atoms with van der Waals surface area (Å²) in [5.41, 5.74) is 0.870. The first-order valence-corrected chi connectivity index (χ1v) is 7.17. The molecule has 2 unspecified atom stereocenters. The van der Waals surface area contributed by atoms with Gasteiger partial charge in [-0.05, 0) is 26.2 Å². The fourth-order valence-electron chi connectivity index (χ4n) is 3.15. The predicted octanol–water partition coefficient (Wildman–Crippen LogP) is 1.60. The SMILES string of the molecule is CCN1C(=O)CCC(C(=O)O)C1c1cncn1C1CC1. The zero-order chi connectivity index (χ0) is 14.3. The molecule has 0 bridgehead atoms. The summed E-state index contributed by atoms with van der Waals surface area (Å²) < 4.78 is 2.06. The van der Waals surface area contributed by atoms with Gasteiger partial charge in [0.05, 0.1) is 30.2 Å². The molecule has 0 radical (unpaired) electrons. The van der Waals surface area contributed by atoms with Crippen LogP contribution in [-0.4, -0.2) is 38.0 Å². The van der Waals surface area contributed by atoms with Crippen molar-refractivity contribution >= 4 is 11.9 Å². The van der Waals surface area contributed by atoms with Gasteiger partial charge in [-0.2, -0.15) is 0 Å². The van der Waals surface area contributed by atoms with Crippen molar-refractivity contribution in [1.82, 2.24) is 14.5 Å². The van der Waals surface area contributed by atoms with E-state index in [1.165, 1.54) is 0 Å². The average Bonchev–Trinajstić information content (AvgIpc) is 3.15. The Balaban J connectivity index is 2.01. The van der Waals surface area contributed by atoms with Gasteiger partial charge < -0.3 is 14.6 Å². The first-order chi connectivity index (χ1) is 9.63. The molecule has 0 aromatic carbocycles. The lowest BCUT2D eigenvalue weighted by Gasteiger charge is -2.39. The van der Waals surface area contributed by atoms with Crippen molar-refractivity contribution < 1.29 is 14.7 Å². The molecule has 1 aromatic heterocycles. The number of nitrogens with zero attached hydrogens (tertiary/aromatic N) is 3. The van der Waals surface area contributed by atoms with Gasteiger partial charge in [-0.3, -0.25) is 9.59 Å². The third kappa shape index (κ3) is 2.09. The summed E-state index contributed by atoms with van der Waals surface area (Å²) in [6.45, 7) is 2.43. The van der Waals surface area contributed by atoms with Crippen LogP contribution in [0.15, 0.2) is 12.5 Å². The summed E-state index contributed by atoms with van der Waals surface area (Å²) >= 11 is 0. The molecule has 3 rings (SSSR count). The van der Waals surface area contributed by atoms with Crippen LogP contribution in [0.3, 0.4) is 0 Å². The first kappa shape index (κ1) is 13.1. The van der Waals surface area contributed by atoms with Gasteiger partial charge in [0.15, 0.2) is 0 Å². The molecule has 1 N–H and O–H groups in total. The monoisotopic (exact) mass is 277 g/mol. The summed E-state index contributed by atoms with van der Waals surface area (Å²) in [4.78, 5) is 29.5. The van der Waals surface area contributed by atoms with Crippen molar-refractivity contribution in [3.63, 3.8) is 0 Å². The topological polar surface area (TPSA) is 75.4 Å². The van der Waals surface area contributed by atoms with Crippen LogP contribution >= 0.6 is 0 Å². The van der Waals surface area contributed by atoms with Gasteiger partial charge in [0.2, 0.25) is 5.91 Å². The number of piperidine rings is 1. The summed E-state index contributed by atoms with van der Waals surface area (Å²) in [5, 5.41) is 9.48. The summed E-state index contributed by atoms with van der Waals surface area (Å²) in [6, 6.07) is 0.0412. The van der Waals surface area contributed by atoms with E-state index in [-0.39, 0.29) is 11.9 Å². The number of aliphatic carboxylic acids is 1. The standard InChI is InChI=1S/C14H19N3O3/c1-2-16-12(18)6-5-10(14(19)20)13(16)11-7-15-8-17(11)9-3-4-9/h7-10,13H,2-6H2,1H3,(H,19,20). The van der Waals surface area contributed by atoms with Crippen molar-refractivity contribution in [1.29, 1.82) is 0 Å². The zero-order valence-electron chi connectivity index (χ0n) is 11.5. The number of aromatic nitrogens is 2. The van der Waals surface area contributed by atoms with Crippen molar-refractivity contribution in [2.75, 3.05) is 6.54 Å². The van der Waals surface area contributed by atoms with Gasteiger partial charge in [0.25, 0.3) is 0 Å². The highest BCUT2D eigenvalue weighted by Crippen LogP contribution is 2.42. The fourth-order valence-corrected chi connectivity index (χ4v) is 3.15. The van der Waals surface area contributed by atoms with E-state index < -0.39 is 11.9 Å². The molecule has 1 aliphatic carbocycles. The van der Waals surface area contributed by atoms with Gasteiger partial charge in [-0.1, -0.05) is 0 Å². The van der Waals surface area contributed by atoms with Crippen LogP contribution in [0.5, 0.6) is 0 Å². The molecule has 2 aliphatic rings. The number of carbonyl (C=O) groups excluding carboxylic acids is 1. The number of carboxylic acids is 1. The van der Waals surface area contributed by atoms with E-state index in [1.807, 2.05) is 6.92 Å². The number of hydrogen-bond donors (Lipinski definition) is 1. The van der Waals surface area contributed by atoms with Crippen LogP contribution in [0.2, 0.25) is 0 Å². The maximum Gasteiger partial charge on any atom is 0.309 e. The highest BCUT2D eigenvalue weighted by Gasteiger charge is 2.42. The number of imidazole rings is 1. The average molecular weight is 277 g/mol. The molecular formula is C14H19N3O3. The Morgan fingerprint density at radius 2 is 2.20 bits per heavy atom. The lowest BCUT2D eigenvalue weighted by Crippen LogP contribution is -2.45. The largest absolute Gasteiger partial charge is 0.481 e. The number of amides is 1. The summed E-state index contributed by atoms with van der Waals surface area (Å²) in [5.74, 6) is -1.33. The fraction of sp³-hybridized carbons (Fsp3) is 0.643. The number of carbonyl (C=O) groups is 2. The van der Waals surface area contributed by atoms with Gasteiger partial charge in [0.1, 0.15) is 0 Å². The van der Waals surface area contributed by atoms with E-state index in [2.05, 4.69) is 9.55 Å². The maximum absolute atomic E-state index is 12.1. The van der Waals surface area contributed by atoms with Crippen molar-refractivity contribution in [2.24, 2.45) is 5.92 Å². The minimum absolute atomic E-state index is 0.0403. The van der Waals surface area contributed by atoms with E-state index in [9.17, 15) is 14.7 Å². The van der Waals surface area contributed by atoms with Crippen LogP contribution in [-0.2, 0) is 9.59 Å². The van der Waals surface area contributed by atoms with Crippen molar-refractivity contribution in [2.45, 2.75) is 44.7 Å². The van der Waals surface area contributed by atoms with Crippen molar-refractivity contribution in [3.8, 4) is 0 Å². The van der Waals surface area contributed by atoms with E-state index in [0.29, 0.717) is 25.4 Å². The third-order valence-corrected chi connectivity index (χ3v) is 4.30. The minimum atomic E-state index is -0.829. The molecule has 108 valence electrons. The molecule has 6 heteroatoms. The van der Waals surface area contributed by atoms with Gasteiger partial charge in [0, 0.05) is 19.0 Å². The second-order valence-corrected chi connectivity index (χ2v) is 5.56. The molecule has 2 atom stereocenters. The maximum atomic E-state index is 12.1. The number of rotatable bonds is 4. The van der Waals surface area contributed by atoms with Gasteiger partial charge in [-0.25, -0.2) is 4.98 Å². The molecule has 2 fully saturated rings. The molecule has 0 spiro atoms. The van der Waals surface area contributed by atoms with Crippen LogP contribution in [0, 0.1) is 5.92 Å². The highest BCUT2D eigenvalue weighted by molar-refractivity contribution is 5.81. The van der Waals surface area contributed by atoms with E-state index >= 15 is 0 Å².